The average molecular weight is 491 g/mol. The molecule has 2 N–H and O–H groups in total. The number of H-pyrrole nitrogens is 1. The summed E-state index contributed by atoms with van der Waals surface area (Å²) in [5.41, 5.74) is -0.0549. The van der Waals surface area contributed by atoms with Crippen LogP contribution in [0, 0.1) is 5.41 Å². The molecule has 2 heterocycles. The molecular formula is C23H24Cl2N4O4. The lowest BCUT2D eigenvalue weighted by Gasteiger charge is -2.38. The van der Waals surface area contributed by atoms with E-state index in [2.05, 4.69) is 28.8 Å². The molecule has 10 heteroatoms. The lowest BCUT2D eigenvalue weighted by Crippen LogP contribution is -2.39. The molecule has 0 radical (unpaired) electrons. The molecule has 4 rings (SSSR count). The molecule has 0 amide bonds. The van der Waals surface area contributed by atoms with E-state index in [1.54, 1.807) is 18.2 Å². The normalized spacial score (nSPS) is 16.0. The van der Waals surface area contributed by atoms with Crippen LogP contribution in [0.5, 0.6) is 17.2 Å². The largest absolute Gasteiger partial charge is 0.508 e. The van der Waals surface area contributed by atoms with Gasteiger partial charge in [-0.25, -0.2) is 4.79 Å². The molecule has 33 heavy (non-hydrogen) atoms. The van der Waals surface area contributed by atoms with Crippen molar-refractivity contribution in [1.82, 2.24) is 19.7 Å². The first-order valence-electron chi connectivity index (χ1n) is 10.5. The number of ether oxygens (including phenoxy) is 1. The minimum Gasteiger partial charge on any atom is -0.508 e. The van der Waals surface area contributed by atoms with Gasteiger partial charge in [0.1, 0.15) is 17.7 Å². The van der Waals surface area contributed by atoms with Crippen LogP contribution in [0.3, 0.4) is 0 Å². The zero-order valence-electron chi connectivity index (χ0n) is 18.3. The number of nitrogens with zero attached hydrogens (tertiary/aromatic N) is 3. The number of hydrogen-bond acceptors (Lipinski definition) is 6. The minimum absolute atomic E-state index is 0.157. The van der Waals surface area contributed by atoms with Crippen LogP contribution in [0.4, 0.5) is 0 Å². The second-order valence-corrected chi connectivity index (χ2v) is 9.77. The Bertz CT molecular complexity index is 1280. The zero-order valence-corrected chi connectivity index (χ0v) is 19.8. The van der Waals surface area contributed by atoms with E-state index in [0.29, 0.717) is 12.3 Å². The van der Waals surface area contributed by atoms with Crippen LogP contribution in [-0.2, 0) is 6.54 Å². The van der Waals surface area contributed by atoms with E-state index in [1.165, 1.54) is 18.6 Å². The number of phenolic OH excluding ortho intramolecular Hbond substituents is 1. The number of likely N-dealkylation sites (tertiary alicyclic amines) is 1. The molecule has 1 aliphatic rings. The van der Waals surface area contributed by atoms with E-state index in [9.17, 15) is 14.7 Å². The van der Waals surface area contributed by atoms with Crippen molar-refractivity contribution in [1.29, 1.82) is 0 Å². The number of hydrogen-bond donors (Lipinski definition) is 2. The van der Waals surface area contributed by atoms with Crippen LogP contribution >= 0.6 is 23.2 Å². The molecule has 0 saturated carbocycles. The van der Waals surface area contributed by atoms with E-state index >= 15 is 0 Å². The fourth-order valence-electron chi connectivity index (χ4n) is 4.09. The Morgan fingerprint density at radius 2 is 1.91 bits per heavy atom. The number of halogens is 2. The molecule has 1 aromatic heterocycles. The zero-order chi connectivity index (χ0) is 23.8. The van der Waals surface area contributed by atoms with Crippen LogP contribution in [0.2, 0.25) is 10.0 Å². The summed E-state index contributed by atoms with van der Waals surface area (Å²) >= 11 is 12.8. The maximum absolute atomic E-state index is 12.0. The molecule has 0 bridgehead atoms. The van der Waals surface area contributed by atoms with Crippen LogP contribution in [0.1, 0.15) is 32.3 Å². The van der Waals surface area contributed by atoms with Crippen LogP contribution in [-0.4, -0.2) is 37.9 Å². The Morgan fingerprint density at radius 1 is 1.18 bits per heavy atom. The molecule has 2 aromatic carbocycles. The molecule has 1 saturated heterocycles. The van der Waals surface area contributed by atoms with Gasteiger partial charge in [0.15, 0.2) is 5.75 Å². The summed E-state index contributed by atoms with van der Waals surface area (Å²) in [5.74, 6) is 0.868. The van der Waals surface area contributed by atoms with Gasteiger partial charge in [-0.15, -0.1) is 0 Å². The molecule has 174 valence electrons. The van der Waals surface area contributed by atoms with Crippen molar-refractivity contribution in [2.24, 2.45) is 5.41 Å². The highest BCUT2D eigenvalue weighted by Crippen LogP contribution is 2.39. The minimum atomic E-state index is -0.715. The summed E-state index contributed by atoms with van der Waals surface area (Å²) in [6.07, 6.45) is 3.29. The molecule has 0 aliphatic carbocycles. The fourth-order valence-corrected chi connectivity index (χ4v) is 4.65. The van der Waals surface area contributed by atoms with Crippen molar-refractivity contribution in [3.8, 4) is 22.9 Å². The van der Waals surface area contributed by atoms with Gasteiger partial charge in [0.05, 0.1) is 15.7 Å². The third-order valence-electron chi connectivity index (χ3n) is 5.58. The van der Waals surface area contributed by atoms with Gasteiger partial charge in [-0.05, 0) is 55.1 Å². The third kappa shape index (κ3) is 5.40. The molecule has 0 spiro atoms. The summed E-state index contributed by atoms with van der Waals surface area (Å²) in [6, 6.07) is 7.91. The highest BCUT2D eigenvalue weighted by atomic mass is 35.5. The molecule has 0 atom stereocenters. The number of phenols is 1. The van der Waals surface area contributed by atoms with Crippen molar-refractivity contribution in [2.75, 3.05) is 13.1 Å². The number of rotatable bonds is 5. The van der Waals surface area contributed by atoms with Gasteiger partial charge in [0, 0.05) is 18.7 Å². The van der Waals surface area contributed by atoms with Crippen LogP contribution in [0.25, 0.3) is 5.69 Å². The summed E-state index contributed by atoms with van der Waals surface area (Å²) in [5, 5.41) is 14.5. The molecule has 1 aliphatic heterocycles. The number of aromatic nitrogens is 3. The van der Waals surface area contributed by atoms with E-state index in [-0.39, 0.29) is 32.6 Å². The molecular weight excluding hydrogens is 467 g/mol. The predicted octanol–water partition coefficient (Wildman–Crippen LogP) is 4.35. The Hall–Kier alpha value is -2.81. The second-order valence-electron chi connectivity index (χ2n) is 8.96. The van der Waals surface area contributed by atoms with Gasteiger partial charge in [0.2, 0.25) is 0 Å². The van der Waals surface area contributed by atoms with Crippen LogP contribution in [0.15, 0.2) is 46.1 Å². The number of benzene rings is 2. The van der Waals surface area contributed by atoms with Crippen molar-refractivity contribution in [3.63, 3.8) is 0 Å². The van der Waals surface area contributed by atoms with Gasteiger partial charge < -0.3 is 9.84 Å². The number of piperidine rings is 1. The van der Waals surface area contributed by atoms with Crippen molar-refractivity contribution >= 4 is 23.2 Å². The quantitative estimate of drug-likeness (QED) is 0.551. The van der Waals surface area contributed by atoms with Gasteiger partial charge >= 0.3 is 5.69 Å². The molecule has 8 nitrogen and oxygen atoms in total. The monoisotopic (exact) mass is 490 g/mol. The molecule has 1 fully saturated rings. The summed E-state index contributed by atoms with van der Waals surface area (Å²) < 4.78 is 6.92. The lowest BCUT2D eigenvalue weighted by atomic mass is 9.84. The molecule has 0 unspecified atom stereocenters. The van der Waals surface area contributed by atoms with Crippen molar-refractivity contribution < 1.29 is 9.84 Å². The van der Waals surface area contributed by atoms with Crippen LogP contribution < -0.4 is 16.0 Å². The Balaban J connectivity index is 1.58. The highest BCUT2D eigenvalue weighted by Gasteiger charge is 2.26. The Labute approximate surface area is 200 Å². The third-order valence-corrected chi connectivity index (χ3v) is 6.15. The number of nitrogens with one attached hydrogen (secondary N) is 1. The van der Waals surface area contributed by atoms with E-state index in [1.807, 2.05) is 0 Å². The van der Waals surface area contributed by atoms with E-state index < -0.39 is 11.2 Å². The second kappa shape index (κ2) is 9.21. The topological polar surface area (TPSA) is 100 Å². The predicted molar refractivity (Wildman–Crippen MR) is 127 cm³/mol. The number of aromatic hydroxyl groups is 1. The standard InChI is InChI=1S/C23H24Cl2N4O4/c1-23(2)6-3-7-28(13-23)12-14-8-16(4-5-19(14)30)33-21-17(24)9-15(10-18(21)25)29-22(32)27-20(31)11-26-29/h4-5,8-11,30H,3,6-7,12-13H2,1-2H3,(H,27,31,32). The van der Waals surface area contributed by atoms with Gasteiger partial charge in [-0.1, -0.05) is 37.0 Å². The van der Waals surface area contributed by atoms with Crippen molar-refractivity contribution in [2.45, 2.75) is 33.2 Å². The first kappa shape index (κ1) is 23.4. The summed E-state index contributed by atoms with van der Waals surface area (Å²) in [7, 11) is 0. The summed E-state index contributed by atoms with van der Waals surface area (Å²) in [6.45, 7) is 7.04. The SMILES string of the molecule is CC1(C)CCCN(Cc2cc(Oc3c(Cl)cc(-n4ncc(=O)[nH]c4=O)cc3Cl)ccc2O)C1. The van der Waals surface area contributed by atoms with Crippen molar-refractivity contribution in [3.05, 3.63) is 73.0 Å². The average Bonchev–Trinajstić information content (AvgIpc) is 2.72. The van der Waals surface area contributed by atoms with Gasteiger partial charge in [0.25, 0.3) is 5.56 Å². The van der Waals surface area contributed by atoms with Gasteiger partial charge in [-0.2, -0.15) is 9.78 Å². The first-order valence-corrected chi connectivity index (χ1v) is 11.3. The smallest absolute Gasteiger partial charge is 0.349 e. The first-order chi connectivity index (χ1) is 15.6. The Kier molecular flexibility index (Phi) is 6.52. The lowest BCUT2D eigenvalue weighted by molar-refractivity contribution is 0.111. The highest BCUT2D eigenvalue weighted by molar-refractivity contribution is 6.37. The fraction of sp³-hybridized carbons (Fsp3) is 0.348. The Morgan fingerprint density at radius 3 is 2.58 bits per heavy atom. The van der Waals surface area contributed by atoms with Gasteiger partial charge in [-0.3, -0.25) is 14.7 Å². The number of aromatic amines is 1. The van der Waals surface area contributed by atoms with E-state index in [4.69, 9.17) is 27.9 Å². The van der Waals surface area contributed by atoms with E-state index in [0.717, 1.165) is 36.0 Å². The summed E-state index contributed by atoms with van der Waals surface area (Å²) in [4.78, 5) is 27.7. The maximum Gasteiger partial charge on any atom is 0.349 e. The maximum atomic E-state index is 12.0. The molecule has 3 aromatic rings.